The quantitative estimate of drug-likeness (QED) is 0.0330. The largest absolute Gasteiger partial charge is 0.466 e. The first-order valence-electron chi connectivity index (χ1n) is 22.6. The first kappa shape index (κ1) is 50.3. The lowest BCUT2D eigenvalue weighted by atomic mass is 10.0. The van der Waals surface area contributed by atoms with E-state index in [9.17, 15) is 19.8 Å². The van der Waals surface area contributed by atoms with Crippen molar-refractivity contribution in [2.45, 2.75) is 244 Å². The number of amides is 1. The highest BCUT2D eigenvalue weighted by molar-refractivity contribution is 5.76. The number of nitrogens with one attached hydrogen (secondary N) is 1. The van der Waals surface area contributed by atoms with Crippen molar-refractivity contribution in [1.82, 2.24) is 5.32 Å². The Morgan fingerprint density at radius 2 is 0.904 bits per heavy atom. The fourth-order valence-corrected chi connectivity index (χ4v) is 6.68. The zero-order valence-electron chi connectivity index (χ0n) is 34.5. The second kappa shape index (κ2) is 42.1. The summed E-state index contributed by atoms with van der Waals surface area (Å²) in [5.41, 5.74) is 0. The van der Waals surface area contributed by atoms with E-state index >= 15 is 0 Å². The highest BCUT2D eigenvalue weighted by Crippen LogP contribution is 2.15. The molecule has 0 saturated carbocycles. The number of rotatable bonds is 41. The van der Waals surface area contributed by atoms with Gasteiger partial charge in [0, 0.05) is 12.8 Å². The maximum atomic E-state index is 12.3. The average Bonchev–Trinajstić information content (AvgIpc) is 3.14. The molecule has 0 rings (SSSR count). The van der Waals surface area contributed by atoms with Crippen LogP contribution in [0, 0.1) is 0 Å². The number of aliphatic hydroxyl groups excluding tert-OH is 2. The van der Waals surface area contributed by atoms with E-state index < -0.39 is 12.1 Å². The molecule has 1 amide bonds. The lowest BCUT2D eigenvalue weighted by Gasteiger charge is -2.20. The Kier molecular flexibility index (Phi) is 40.7. The second-order valence-electron chi connectivity index (χ2n) is 15.4. The van der Waals surface area contributed by atoms with E-state index in [4.69, 9.17) is 4.74 Å². The molecule has 0 heterocycles. The molecule has 6 heteroatoms. The van der Waals surface area contributed by atoms with Crippen LogP contribution < -0.4 is 5.32 Å². The molecule has 0 aliphatic carbocycles. The molecule has 2 atom stereocenters. The van der Waals surface area contributed by atoms with Crippen molar-refractivity contribution >= 4 is 11.9 Å². The molecule has 0 fully saturated rings. The van der Waals surface area contributed by atoms with E-state index in [2.05, 4.69) is 31.3 Å². The summed E-state index contributed by atoms with van der Waals surface area (Å²) in [6.45, 7) is 4.81. The van der Waals surface area contributed by atoms with Crippen molar-refractivity contribution in [2.75, 3.05) is 13.2 Å². The summed E-state index contributed by atoms with van der Waals surface area (Å²) in [6.07, 6.45) is 47.3. The number of hydrogen-bond acceptors (Lipinski definition) is 5. The van der Waals surface area contributed by atoms with Crippen LogP contribution in [0.25, 0.3) is 0 Å². The molecule has 0 saturated heterocycles. The van der Waals surface area contributed by atoms with Gasteiger partial charge in [0.1, 0.15) is 0 Å². The smallest absolute Gasteiger partial charge is 0.305 e. The predicted molar refractivity (Wildman–Crippen MR) is 223 cm³/mol. The molecular weight excluding hydrogens is 647 g/mol. The normalized spacial score (nSPS) is 12.9. The molecule has 0 radical (unpaired) electrons. The number of carbonyl (C=O) groups is 2. The molecule has 306 valence electrons. The van der Waals surface area contributed by atoms with E-state index in [1.54, 1.807) is 6.08 Å². The van der Waals surface area contributed by atoms with Crippen molar-refractivity contribution < 1.29 is 24.5 Å². The summed E-state index contributed by atoms with van der Waals surface area (Å²) in [6, 6.07) is -0.633. The zero-order valence-corrected chi connectivity index (χ0v) is 34.5. The van der Waals surface area contributed by atoms with Gasteiger partial charge in [-0.15, -0.1) is 0 Å². The number of ether oxygens (including phenoxy) is 1. The molecule has 0 aromatic rings. The fourth-order valence-electron chi connectivity index (χ4n) is 6.68. The van der Waals surface area contributed by atoms with E-state index in [1.807, 2.05) is 6.08 Å². The molecule has 3 N–H and O–H groups in total. The molecule has 0 spiro atoms. The van der Waals surface area contributed by atoms with Crippen molar-refractivity contribution in [3.8, 4) is 0 Å². The highest BCUT2D eigenvalue weighted by Gasteiger charge is 2.18. The van der Waals surface area contributed by atoms with Crippen LogP contribution in [0.15, 0.2) is 24.3 Å². The van der Waals surface area contributed by atoms with Gasteiger partial charge in [-0.1, -0.05) is 186 Å². The Morgan fingerprint density at radius 3 is 1.40 bits per heavy atom. The number of aliphatic hydroxyl groups is 2. The topological polar surface area (TPSA) is 95.9 Å². The second-order valence-corrected chi connectivity index (χ2v) is 15.4. The summed E-state index contributed by atoms with van der Waals surface area (Å²) in [5, 5.41) is 22.8. The van der Waals surface area contributed by atoms with E-state index in [0.29, 0.717) is 19.4 Å². The van der Waals surface area contributed by atoms with Gasteiger partial charge in [-0.2, -0.15) is 0 Å². The van der Waals surface area contributed by atoms with Crippen LogP contribution >= 0.6 is 0 Å². The van der Waals surface area contributed by atoms with Crippen LogP contribution in [0.3, 0.4) is 0 Å². The van der Waals surface area contributed by atoms with Crippen molar-refractivity contribution in [3.05, 3.63) is 24.3 Å². The van der Waals surface area contributed by atoms with E-state index in [-0.39, 0.29) is 18.5 Å². The predicted octanol–water partition coefficient (Wildman–Crippen LogP) is 12.8. The summed E-state index contributed by atoms with van der Waals surface area (Å²) in [7, 11) is 0. The van der Waals surface area contributed by atoms with Crippen LogP contribution in [0.5, 0.6) is 0 Å². The number of allylic oxidation sites excluding steroid dienone is 3. The van der Waals surface area contributed by atoms with Gasteiger partial charge in [0.2, 0.25) is 5.91 Å². The molecule has 52 heavy (non-hydrogen) atoms. The Bertz CT molecular complexity index is 813. The van der Waals surface area contributed by atoms with Gasteiger partial charge < -0.3 is 20.3 Å². The molecule has 0 aromatic heterocycles. The molecule has 0 aromatic carbocycles. The van der Waals surface area contributed by atoms with Gasteiger partial charge in [-0.3, -0.25) is 9.59 Å². The maximum absolute atomic E-state index is 12.3. The monoisotopic (exact) mass is 734 g/mol. The van der Waals surface area contributed by atoms with Crippen LogP contribution in [-0.4, -0.2) is 47.4 Å². The SMILES string of the molecule is CCCCC/C=C\CCCCCCCC(=O)OCCCCCCCCCCCCCCCCC(=O)NC(CO)C(O)/C=C/CCCCCCCCC. The van der Waals surface area contributed by atoms with Gasteiger partial charge in [0.15, 0.2) is 0 Å². The third kappa shape index (κ3) is 38.1. The number of esters is 1. The molecule has 6 nitrogen and oxygen atoms in total. The minimum Gasteiger partial charge on any atom is -0.466 e. The van der Waals surface area contributed by atoms with Gasteiger partial charge in [0.05, 0.1) is 25.4 Å². The molecular formula is C46H87NO5. The van der Waals surface area contributed by atoms with Crippen LogP contribution in [-0.2, 0) is 14.3 Å². The molecule has 0 aliphatic rings. The Balaban J connectivity index is 3.46. The minimum absolute atomic E-state index is 0.0147. The lowest BCUT2D eigenvalue weighted by Crippen LogP contribution is -2.45. The number of unbranched alkanes of at least 4 members (excludes halogenated alkanes) is 28. The standard InChI is InChI=1S/C46H87NO5/c1-3-5-7-9-11-13-14-20-24-28-32-36-40-46(51)52-41-37-33-29-25-21-18-16-15-17-19-23-27-31-35-39-45(50)47-43(42-48)44(49)38-34-30-26-22-12-10-8-6-4-2/h11,13,34,38,43-44,48-49H,3-10,12,14-33,35-37,39-42H2,1-2H3,(H,47,50)/b13-11-,38-34+. The fraction of sp³-hybridized carbons (Fsp3) is 0.870. The summed E-state index contributed by atoms with van der Waals surface area (Å²) in [5.74, 6) is -0.0973. The van der Waals surface area contributed by atoms with Crippen molar-refractivity contribution in [2.24, 2.45) is 0 Å². The zero-order chi connectivity index (χ0) is 38.0. The molecule has 0 bridgehead atoms. The van der Waals surface area contributed by atoms with Gasteiger partial charge in [0.25, 0.3) is 0 Å². The average molecular weight is 734 g/mol. The minimum atomic E-state index is -0.848. The lowest BCUT2D eigenvalue weighted by molar-refractivity contribution is -0.143. The first-order chi connectivity index (χ1) is 25.5. The third-order valence-corrected chi connectivity index (χ3v) is 10.2. The van der Waals surface area contributed by atoms with Crippen LogP contribution in [0.4, 0.5) is 0 Å². The van der Waals surface area contributed by atoms with Gasteiger partial charge >= 0.3 is 5.97 Å². The van der Waals surface area contributed by atoms with Crippen LogP contribution in [0.2, 0.25) is 0 Å². The van der Waals surface area contributed by atoms with Crippen molar-refractivity contribution in [1.29, 1.82) is 0 Å². The number of carbonyl (C=O) groups excluding carboxylic acids is 2. The summed E-state index contributed by atoms with van der Waals surface area (Å²) < 4.78 is 5.43. The molecule has 0 aliphatic heterocycles. The summed E-state index contributed by atoms with van der Waals surface area (Å²) in [4.78, 5) is 24.3. The maximum Gasteiger partial charge on any atom is 0.305 e. The Morgan fingerprint density at radius 1 is 0.519 bits per heavy atom. The Labute approximate surface area is 322 Å². The molecule has 2 unspecified atom stereocenters. The van der Waals surface area contributed by atoms with Crippen molar-refractivity contribution in [3.63, 3.8) is 0 Å². The van der Waals surface area contributed by atoms with Gasteiger partial charge in [-0.05, 0) is 57.8 Å². The number of hydrogen-bond donors (Lipinski definition) is 3. The first-order valence-corrected chi connectivity index (χ1v) is 22.6. The third-order valence-electron chi connectivity index (χ3n) is 10.2. The van der Waals surface area contributed by atoms with E-state index in [1.165, 1.54) is 148 Å². The van der Waals surface area contributed by atoms with E-state index in [0.717, 1.165) is 57.8 Å². The highest BCUT2D eigenvalue weighted by atomic mass is 16.5. The van der Waals surface area contributed by atoms with Gasteiger partial charge in [-0.25, -0.2) is 0 Å². The summed E-state index contributed by atoms with van der Waals surface area (Å²) >= 11 is 0. The van der Waals surface area contributed by atoms with Crippen LogP contribution in [0.1, 0.15) is 232 Å². The Hall–Kier alpha value is -1.66.